The summed E-state index contributed by atoms with van der Waals surface area (Å²) in [7, 11) is 0. The van der Waals surface area contributed by atoms with E-state index in [1.54, 1.807) is 91.0 Å². The highest BCUT2D eigenvalue weighted by Gasteiger charge is 2.46. The van der Waals surface area contributed by atoms with Gasteiger partial charge in [-0.25, -0.2) is 9.59 Å². The number of benzene rings is 8. The van der Waals surface area contributed by atoms with Crippen LogP contribution in [0.5, 0.6) is 0 Å². The smallest absolute Gasteiger partial charge is 0.339 e. The number of ketones is 1. The molecule has 2 N–H and O–H groups in total. The molecule has 62 heavy (non-hydrogen) atoms. The summed E-state index contributed by atoms with van der Waals surface area (Å²) in [5, 5.41) is 11.3. The number of ether oxygens (including phenoxy) is 1. The quantitative estimate of drug-likeness (QED) is 0.0805. The molecular formula is C54H44N2O6. The highest BCUT2D eigenvalue weighted by Crippen LogP contribution is 2.36. The SMILES string of the molecule is C=Nc1ccccc1.O=C(O)c1ccccc1.O=C(OC(C(=O)Nc1ccccc1)(c1ccccc1)c1ccccc1)c1ccccc1.O=C(c1ccccc1)c1ccccc1. The molecule has 0 aliphatic carbocycles. The minimum Gasteiger partial charge on any atom is -0.478 e. The topological polar surface area (TPSA) is 122 Å². The lowest BCUT2D eigenvalue weighted by Crippen LogP contribution is -2.45. The van der Waals surface area contributed by atoms with Crippen molar-refractivity contribution in [1.29, 1.82) is 0 Å². The minimum atomic E-state index is -1.68. The fraction of sp³-hybridized carbons (Fsp3) is 0.0185. The van der Waals surface area contributed by atoms with Gasteiger partial charge in [0.15, 0.2) is 5.78 Å². The summed E-state index contributed by atoms with van der Waals surface area (Å²) in [4.78, 5) is 52.7. The summed E-state index contributed by atoms with van der Waals surface area (Å²) in [6, 6.07) is 72.5. The Hall–Kier alpha value is -8.49. The Morgan fingerprint density at radius 1 is 0.435 bits per heavy atom. The molecule has 0 radical (unpaired) electrons. The van der Waals surface area contributed by atoms with Gasteiger partial charge in [0, 0.05) is 27.9 Å². The summed E-state index contributed by atoms with van der Waals surface area (Å²) < 4.78 is 6.08. The maximum absolute atomic E-state index is 13.8. The third-order valence-corrected chi connectivity index (χ3v) is 9.00. The van der Waals surface area contributed by atoms with E-state index in [1.165, 1.54) is 0 Å². The Bertz CT molecular complexity index is 2500. The average Bonchev–Trinajstić information content (AvgIpc) is 3.35. The minimum absolute atomic E-state index is 0.0752. The van der Waals surface area contributed by atoms with Crippen molar-refractivity contribution in [2.24, 2.45) is 4.99 Å². The van der Waals surface area contributed by atoms with Crippen LogP contribution in [0.2, 0.25) is 0 Å². The molecule has 0 unspecified atom stereocenters. The van der Waals surface area contributed by atoms with E-state index in [-0.39, 0.29) is 5.78 Å². The largest absolute Gasteiger partial charge is 0.478 e. The molecule has 0 fully saturated rings. The number of nitrogens with one attached hydrogen (secondary N) is 1. The maximum Gasteiger partial charge on any atom is 0.339 e. The van der Waals surface area contributed by atoms with E-state index < -0.39 is 23.4 Å². The summed E-state index contributed by atoms with van der Waals surface area (Å²) in [6.07, 6.45) is 0. The van der Waals surface area contributed by atoms with Gasteiger partial charge in [0.2, 0.25) is 5.60 Å². The second kappa shape index (κ2) is 23.8. The molecule has 8 aromatic carbocycles. The van der Waals surface area contributed by atoms with Crippen LogP contribution < -0.4 is 5.32 Å². The summed E-state index contributed by atoms with van der Waals surface area (Å²) in [5.74, 6) is -1.85. The number of nitrogens with zero attached hydrogens (tertiary/aromatic N) is 1. The van der Waals surface area contributed by atoms with Crippen molar-refractivity contribution in [3.05, 3.63) is 276 Å². The number of para-hydroxylation sites is 2. The Kier molecular flexibility index (Phi) is 17.1. The molecular weight excluding hydrogens is 773 g/mol. The van der Waals surface area contributed by atoms with E-state index in [0.29, 0.717) is 27.9 Å². The Labute approximate surface area is 361 Å². The first kappa shape index (κ1) is 44.6. The zero-order chi connectivity index (χ0) is 43.8. The van der Waals surface area contributed by atoms with Crippen LogP contribution in [0, 0.1) is 0 Å². The second-order valence-corrected chi connectivity index (χ2v) is 13.2. The molecule has 0 saturated heterocycles. The van der Waals surface area contributed by atoms with Crippen LogP contribution in [0.4, 0.5) is 11.4 Å². The van der Waals surface area contributed by atoms with Gasteiger partial charge in [-0.1, -0.05) is 194 Å². The van der Waals surface area contributed by atoms with E-state index in [9.17, 15) is 19.2 Å². The summed E-state index contributed by atoms with van der Waals surface area (Å²) in [6.45, 7) is 3.38. The number of anilines is 1. The van der Waals surface area contributed by atoms with E-state index in [4.69, 9.17) is 9.84 Å². The first-order chi connectivity index (χ1) is 30.3. The molecule has 8 heteroatoms. The molecule has 0 aliphatic heterocycles. The van der Waals surface area contributed by atoms with Crippen LogP contribution >= 0.6 is 0 Å². The highest BCUT2D eigenvalue weighted by molar-refractivity contribution is 6.09. The molecule has 306 valence electrons. The average molecular weight is 817 g/mol. The van der Waals surface area contributed by atoms with E-state index in [1.807, 2.05) is 152 Å². The third kappa shape index (κ3) is 13.0. The molecule has 8 nitrogen and oxygen atoms in total. The lowest BCUT2D eigenvalue weighted by Gasteiger charge is -2.33. The van der Waals surface area contributed by atoms with Gasteiger partial charge in [-0.3, -0.25) is 14.6 Å². The molecule has 0 atom stereocenters. The number of carbonyl (C=O) groups is 4. The zero-order valence-electron chi connectivity index (χ0n) is 33.7. The number of esters is 1. The normalized spacial score (nSPS) is 10.0. The molecule has 1 amide bonds. The monoisotopic (exact) mass is 816 g/mol. The highest BCUT2D eigenvalue weighted by atomic mass is 16.6. The number of carbonyl (C=O) groups excluding carboxylic acids is 3. The summed E-state index contributed by atoms with van der Waals surface area (Å²) in [5.41, 5.74) is 3.14. The van der Waals surface area contributed by atoms with Crippen LogP contribution in [0.3, 0.4) is 0 Å². The summed E-state index contributed by atoms with van der Waals surface area (Å²) >= 11 is 0. The van der Waals surface area contributed by atoms with Crippen molar-refractivity contribution in [3.8, 4) is 0 Å². The van der Waals surface area contributed by atoms with E-state index >= 15 is 0 Å². The number of carboxylic acid groups (broad SMARTS) is 1. The van der Waals surface area contributed by atoms with Crippen molar-refractivity contribution in [2.45, 2.75) is 5.60 Å². The predicted molar refractivity (Wildman–Crippen MR) is 246 cm³/mol. The fourth-order valence-corrected chi connectivity index (χ4v) is 5.91. The Balaban J connectivity index is 0.000000190. The molecule has 0 aliphatic rings. The lowest BCUT2D eigenvalue weighted by molar-refractivity contribution is -0.132. The molecule has 0 saturated carbocycles. The van der Waals surface area contributed by atoms with Crippen molar-refractivity contribution in [3.63, 3.8) is 0 Å². The number of hydrogen-bond donors (Lipinski definition) is 2. The molecule has 0 spiro atoms. The van der Waals surface area contributed by atoms with Gasteiger partial charge in [-0.15, -0.1) is 0 Å². The van der Waals surface area contributed by atoms with Gasteiger partial charge in [-0.05, 0) is 55.2 Å². The van der Waals surface area contributed by atoms with Crippen LogP contribution in [-0.2, 0) is 15.1 Å². The number of aliphatic imine (C=N–C) groups is 1. The maximum atomic E-state index is 13.8. The predicted octanol–water partition coefficient (Wildman–Crippen LogP) is 11.7. The first-order valence-electron chi connectivity index (χ1n) is 19.5. The second-order valence-electron chi connectivity index (χ2n) is 13.2. The zero-order valence-corrected chi connectivity index (χ0v) is 33.7. The van der Waals surface area contributed by atoms with Gasteiger partial charge in [0.1, 0.15) is 0 Å². The van der Waals surface area contributed by atoms with Crippen LogP contribution in [0.1, 0.15) is 47.8 Å². The van der Waals surface area contributed by atoms with Crippen LogP contribution in [0.25, 0.3) is 0 Å². The number of aromatic carboxylic acids is 1. The van der Waals surface area contributed by atoms with Crippen molar-refractivity contribution < 1.29 is 29.0 Å². The molecule has 8 rings (SSSR count). The number of hydrogen-bond acceptors (Lipinski definition) is 6. The van der Waals surface area contributed by atoms with Crippen LogP contribution in [-0.4, -0.2) is 35.5 Å². The molecule has 0 aromatic heterocycles. The molecule has 8 aromatic rings. The van der Waals surface area contributed by atoms with Crippen molar-refractivity contribution >= 4 is 41.7 Å². The van der Waals surface area contributed by atoms with Crippen LogP contribution in [0.15, 0.2) is 248 Å². The van der Waals surface area contributed by atoms with Gasteiger partial charge in [-0.2, -0.15) is 0 Å². The van der Waals surface area contributed by atoms with E-state index in [2.05, 4.69) is 17.0 Å². The van der Waals surface area contributed by atoms with E-state index in [0.717, 1.165) is 16.8 Å². The van der Waals surface area contributed by atoms with Crippen molar-refractivity contribution in [1.82, 2.24) is 0 Å². The third-order valence-electron chi connectivity index (χ3n) is 9.00. The number of carboxylic acids is 1. The Morgan fingerprint density at radius 2 is 0.758 bits per heavy atom. The first-order valence-corrected chi connectivity index (χ1v) is 19.5. The Morgan fingerprint density at radius 3 is 1.10 bits per heavy atom. The van der Waals surface area contributed by atoms with Gasteiger partial charge in [0.05, 0.1) is 16.8 Å². The molecule has 0 heterocycles. The standard InChI is InChI=1S/C27H21NO3.C13H10O.C7H7N.C7H6O2/c29-25(21-13-5-1-6-14-21)31-27(22-15-7-2-8-16-22,23-17-9-3-10-18-23)26(30)28-24-19-11-4-12-20-24;14-13(11-7-3-1-4-8-11)12-9-5-2-6-10-12;1-8-7-5-3-2-4-6-7;8-7(9)6-4-2-1-3-5-6/h1-20H,(H,28,30);1-10H;2-6H,1H2;1-5H,(H,8,9). The van der Waals surface area contributed by atoms with Crippen molar-refractivity contribution in [2.75, 3.05) is 5.32 Å². The lowest BCUT2D eigenvalue weighted by atomic mass is 9.84. The van der Waals surface area contributed by atoms with Gasteiger partial charge >= 0.3 is 11.9 Å². The fourth-order valence-electron chi connectivity index (χ4n) is 5.91. The van der Waals surface area contributed by atoms with Gasteiger partial charge < -0.3 is 15.2 Å². The van der Waals surface area contributed by atoms with Gasteiger partial charge in [0.25, 0.3) is 5.91 Å². The number of rotatable bonds is 10. The number of amides is 1. The molecule has 0 bridgehead atoms.